The summed E-state index contributed by atoms with van der Waals surface area (Å²) in [6.07, 6.45) is 0.430. The van der Waals surface area contributed by atoms with Gasteiger partial charge in [0.25, 0.3) is 0 Å². The third-order valence-electron chi connectivity index (χ3n) is 1.34. The van der Waals surface area contributed by atoms with Crippen LogP contribution in [0.25, 0.3) is 0 Å². The van der Waals surface area contributed by atoms with Crippen molar-refractivity contribution in [1.29, 1.82) is 0 Å². The minimum atomic E-state index is -0.950. The van der Waals surface area contributed by atoms with Crippen molar-refractivity contribution in [2.45, 2.75) is 6.23 Å². The summed E-state index contributed by atoms with van der Waals surface area (Å²) < 4.78 is 1.06. The molecule has 3 N–H and O–H groups in total. The lowest BCUT2D eigenvalue weighted by atomic mass is 10.5. The van der Waals surface area contributed by atoms with Gasteiger partial charge in [0.2, 0.25) is 0 Å². The Morgan fingerprint density at radius 2 is 2.50 bits per heavy atom. The Morgan fingerprint density at radius 1 is 1.83 bits per heavy atom. The van der Waals surface area contributed by atoms with Crippen molar-refractivity contribution in [2.24, 2.45) is 0 Å². The summed E-state index contributed by atoms with van der Waals surface area (Å²) in [5, 5.41) is 9.21. The Balaban J connectivity index is 3.10. The molecule has 0 aliphatic heterocycles. The van der Waals surface area contributed by atoms with Gasteiger partial charge in [-0.15, -0.1) is 0 Å². The highest BCUT2D eigenvalue weighted by atomic mass is 32.1. The summed E-state index contributed by atoms with van der Waals surface area (Å²) in [7, 11) is 0. The number of nitrogens with two attached hydrogens (primary N) is 1. The summed E-state index contributed by atoms with van der Waals surface area (Å²) in [4.78, 5) is 14.5. The molecule has 0 aliphatic rings. The van der Waals surface area contributed by atoms with Crippen LogP contribution in [0.2, 0.25) is 0 Å². The predicted octanol–water partition coefficient (Wildman–Crippen LogP) is -0.754. The zero-order valence-electron chi connectivity index (χ0n) is 6.21. The van der Waals surface area contributed by atoms with Crippen LogP contribution in [0.15, 0.2) is 17.1 Å². The van der Waals surface area contributed by atoms with E-state index in [0.717, 1.165) is 4.57 Å². The maximum Gasteiger partial charge on any atom is 0.351 e. The van der Waals surface area contributed by atoms with Crippen molar-refractivity contribution in [1.82, 2.24) is 9.55 Å². The fraction of sp³-hybridized carbons (Fsp3) is 0.333. The average molecular weight is 187 g/mol. The molecule has 1 aromatic heterocycles. The SMILES string of the molecule is Nc1ccn([C@@H](O)CS)c(=O)n1. The molecule has 0 aromatic carbocycles. The van der Waals surface area contributed by atoms with Crippen molar-refractivity contribution in [3.05, 3.63) is 22.7 Å². The minimum absolute atomic E-state index is 0.141. The molecule has 0 spiro atoms. The van der Waals surface area contributed by atoms with Crippen LogP contribution in [0.1, 0.15) is 6.23 Å². The quantitative estimate of drug-likeness (QED) is 0.532. The van der Waals surface area contributed by atoms with E-state index in [1.54, 1.807) is 0 Å². The van der Waals surface area contributed by atoms with Crippen molar-refractivity contribution in [3.63, 3.8) is 0 Å². The molecule has 0 saturated heterocycles. The summed E-state index contributed by atoms with van der Waals surface area (Å²) in [6.45, 7) is 0. The molecule has 66 valence electrons. The fourth-order valence-corrected chi connectivity index (χ4v) is 0.917. The summed E-state index contributed by atoms with van der Waals surface area (Å²) >= 11 is 3.83. The number of hydrogen-bond acceptors (Lipinski definition) is 5. The van der Waals surface area contributed by atoms with Gasteiger partial charge in [0.15, 0.2) is 0 Å². The van der Waals surface area contributed by atoms with Crippen LogP contribution in [0, 0.1) is 0 Å². The minimum Gasteiger partial charge on any atom is -0.383 e. The highest BCUT2D eigenvalue weighted by molar-refractivity contribution is 7.80. The van der Waals surface area contributed by atoms with Gasteiger partial charge in [0, 0.05) is 11.9 Å². The topological polar surface area (TPSA) is 81.1 Å². The van der Waals surface area contributed by atoms with Gasteiger partial charge < -0.3 is 10.8 Å². The number of nitrogens with zero attached hydrogens (tertiary/aromatic N) is 2. The van der Waals surface area contributed by atoms with E-state index in [1.807, 2.05) is 0 Å². The van der Waals surface area contributed by atoms with E-state index in [4.69, 9.17) is 5.73 Å². The molecule has 0 radical (unpaired) electrons. The zero-order chi connectivity index (χ0) is 9.14. The molecule has 0 bridgehead atoms. The number of anilines is 1. The Kier molecular flexibility index (Phi) is 2.72. The van der Waals surface area contributed by atoms with E-state index in [0.29, 0.717) is 0 Å². The van der Waals surface area contributed by atoms with E-state index in [1.165, 1.54) is 12.3 Å². The van der Waals surface area contributed by atoms with Crippen molar-refractivity contribution in [2.75, 3.05) is 11.5 Å². The standard InChI is InChI=1S/C6H9N3O2S/c7-4-1-2-9(5(10)3-12)6(11)8-4/h1-2,5,10,12H,3H2,(H2,7,8,11)/t5-/m0/s1. The van der Waals surface area contributed by atoms with Crippen molar-refractivity contribution in [3.8, 4) is 0 Å². The Morgan fingerprint density at radius 3 is 3.00 bits per heavy atom. The van der Waals surface area contributed by atoms with Gasteiger partial charge in [-0.25, -0.2) is 4.79 Å². The normalized spacial score (nSPS) is 12.8. The number of aromatic nitrogens is 2. The van der Waals surface area contributed by atoms with Gasteiger partial charge >= 0.3 is 5.69 Å². The van der Waals surface area contributed by atoms with Crippen LogP contribution in [-0.4, -0.2) is 20.4 Å². The Labute approximate surface area is 74.3 Å². The van der Waals surface area contributed by atoms with Gasteiger partial charge in [0.05, 0.1) is 0 Å². The second kappa shape index (κ2) is 3.59. The van der Waals surface area contributed by atoms with E-state index in [2.05, 4.69) is 17.6 Å². The number of thiol groups is 1. The smallest absolute Gasteiger partial charge is 0.351 e. The molecule has 1 atom stereocenters. The number of rotatable bonds is 2. The first-order valence-corrected chi connectivity index (χ1v) is 3.92. The summed E-state index contributed by atoms with van der Waals surface area (Å²) in [5.41, 5.74) is 4.67. The zero-order valence-corrected chi connectivity index (χ0v) is 7.11. The number of aliphatic hydroxyl groups excluding tert-OH is 1. The van der Waals surface area contributed by atoms with Crippen LogP contribution < -0.4 is 11.4 Å². The molecule has 0 fully saturated rings. The highest BCUT2D eigenvalue weighted by Crippen LogP contribution is 2.00. The van der Waals surface area contributed by atoms with Crippen LogP contribution in [0.3, 0.4) is 0 Å². The van der Waals surface area contributed by atoms with Crippen molar-refractivity contribution >= 4 is 18.4 Å². The Bertz CT molecular complexity index is 325. The Hall–Kier alpha value is -1.01. The lowest BCUT2D eigenvalue weighted by Gasteiger charge is -2.09. The van der Waals surface area contributed by atoms with Gasteiger partial charge in [-0.1, -0.05) is 0 Å². The lowest BCUT2D eigenvalue weighted by Crippen LogP contribution is -2.27. The highest BCUT2D eigenvalue weighted by Gasteiger charge is 2.05. The molecular formula is C6H9N3O2S. The summed E-state index contributed by atoms with van der Waals surface area (Å²) in [5.74, 6) is 0.300. The van der Waals surface area contributed by atoms with Gasteiger partial charge in [0.1, 0.15) is 12.0 Å². The van der Waals surface area contributed by atoms with Crippen LogP contribution >= 0.6 is 12.6 Å². The molecule has 0 unspecified atom stereocenters. The molecule has 0 saturated carbocycles. The maximum absolute atomic E-state index is 11.0. The van der Waals surface area contributed by atoms with Crippen molar-refractivity contribution < 1.29 is 5.11 Å². The largest absolute Gasteiger partial charge is 0.383 e. The second-order valence-corrected chi connectivity index (χ2v) is 2.57. The third-order valence-corrected chi connectivity index (χ3v) is 1.66. The van der Waals surface area contributed by atoms with Crippen LogP contribution in [0.4, 0.5) is 5.82 Å². The average Bonchev–Trinajstić information content (AvgIpc) is 2.03. The summed E-state index contributed by atoms with van der Waals surface area (Å²) in [6, 6.07) is 1.44. The first kappa shape index (κ1) is 9.08. The molecule has 0 amide bonds. The van der Waals surface area contributed by atoms with Gasteiger partial charge in [-0.05, 0) is 6.07 Å². The van der Waals surface area contributed by atoms with E-state index in [9.17, 15) is 9.90 Å². The predicted molar refractivity (Wildman–Crippen MR) is 48.0 cm³/mol. The third kappa shape index (κ3) is 1.77. The van der Waals surface area contributed by atoms with Gasteiger partial charge in [-0.2, -0.15) is 17.6 Å². The van der Waals surface area contributed by atoms with Crippen LogP contribution in [0.5, 0.6) is 0 Å². The first-order valence-electron chi connectivity index (χ1n) is 3.28. The number of aliphatic hydroxyl groups is 1. The first-order chi connectivity index (χ1) is 5.65. The van der Waals surface area contributed by atoms with E-state index >= 15 is 0 Å². The maximum atomic E-state index is 11.0. The van der Waals surface area contributed by atoms with E-state index < -0.39 is 11.9 Å². The number of hydrogen-bond donors (Lipinski definition) is 3. The molecule has 1 heterocycles. The molecule has 5 nitrogen and oxygen atoms in total. The monoisotopic (exact) mass is 187 g/mol. The van der Waals surface area contributed by atoms with Crippen LogP contribution in [-0.2, 0) is 0 Å². The van der Waals surface area contributed by atoms with E-state index in [-0.39, 0.29) is 11.6 Å². The second-order valence-electron chi connectivity index (χ2n) is 2.21. The molecule has 0 aliphatic carbocycles. The molecular weight excluding hydrogens is 178 g/mol. The fourth-order valence-electron chi connectivity index (χ4n) is 0.741. The lowest BCUT2D eigenvalue weighted by molar-refractivity contribution is 0.124. The van der Waals surface area contributed by atoms with Gasteiger partial charge in [-0.3, -0.25) is 4.57 Å². The molecule has 1 aromatic rings. The molecule has 12 heavy (non-hydrogen) atoms. The molecule has 6 heteroatoms. The molecule has 1 rings (SSSR count). The number of nitrogen functional groups attached to an aromatic ring is 1.